The van der Waals surface area contributed by atoms with E-state index in [4.69, 9.17) is 4.74 Å². The Morgan fingerprint density at radius 3 is 2.33 bits per heavy atom. The molecule has 0 spiro atoms. The van der Waals surface area contributed by atoms with E-state index >= 15 is 0 Å². The average Bonchev–Trinajstić information content (AvgIpc) is 3.11. The molecule has 0 saturated heterocycles. The Morgan fingerprint density at radius 1 is 1.00 bits per heavy atom. The normalized spacial score (nSPS) is 10.3. The van der Waals surface area contributed by atoms with Crippen LogP contribution in [0.5, 0.6) is 5.75 Å². The van der Waals surface area contributed by atoms with E-state index in [1.165, 1.54) is 18.3 Å². The summed E-state index contributed by atoms with van der Waals surface area (Å²) in [5.41, 5.74) is 3.38. The first-order valence-corrected chi connectivity index (χ1v) is 9.34. The van der Waals surface area contributed by atoms with Gasteiger partial charge >= 0.3 is 0 Å². The van der Waals surface area contributed by atoms with E-state index in [-0.39, 0.29) is 11.8 Å². The molecule has 2 N–H and O–H groups in total. The third kappa shape index (κ3) is 5.18. The second-order valence-electron chi connectivity index (χ2n) is 6.09. The number of rotatable bonds is 6. The predicted molar refractivity (Wildman–Crippen MR) is 109 cm³/mol. The highest BCUT2D eigenvalue weighted by Gasteiger charge is 2.10. The molecule has 1 heterocycles. The molecule has 0 saturated carbocycles. The number of anilines is 2. The number of aryl methyl sites for hydroxylation is 1. The van der Waals surface area contributed by atoms with E-state index < -0.39 is 0 Å². The zero-order chi connectivity index (χ0) is 19.2. The number of para-hydroxylation sites is 1. The number of hydrogen-bond acceptors (Lipinski definition) is 4. The third-order valence-electron chi connectivity index (χ3n) is 3.83. The summed E-state index contributed by atoms with van der Waals surface area (Å²) in [5, 5.41) is 7.46. The van der Waals surface area contributed by atoms with Crippen molar-refractivity contribution >= 4 is 34.5 Å². The molecule has 3 rings (SSSR count). The molecule has 0 atom stereocenters. The fourth-order valence-corrected chi connectivity index (χ4v) is 3.27. The smallest absolute Gasteiger partial charge is 0.265 e. The van der Waals surface area contributed by atoms with Crippen molar-refractivity contribution in [1.29, 1.82) is 0 Å². The number of carbonyl (C=O) groups excluding carboxylic acids is 2. The summed E-state index contributed by atoms with van der Waals surface area (Å²) in [4.78, 5) is 24.1. The topological polar surface area (TPSA) is 67.4 Å². The van der Waals surface area contributed by atoms with Crippen LogP contribution in [0.2, 0.25) is 0 Å². The van der Waals surface area contributed by atoms with Crippen LogP contribution in [0.25, 0.3) is 0 Å². The van der Waals surface area contributed by atoms with Crippen molar-refractivity contribution in [2.24, 2.45) is 0 Å². The van der Waals surface area contributed by atoms with Gasteiger partial charge in [0, 0.05) is 23.9 Å². The van der Waals surface area contributed by atoms with Crippen molar-refractivity contribution in [2.45, 2.75) is 20.5 Å². The number of carbonyl (C=O) groups is 2. The molecule has 0 radical (unpaired) electrons. The summed E-state index contributed by atoms with van der Waals surface area (Å²) >= 11 is 1.38. The van der Waals surface area contributed by atoms with E-state index in [0.717, 1.165) is 16.9 Å². The number of ether oxygens (including phenoxy) is 1. The van der Waals surface area contributed by atoms with Gasteiger partial charge in [0.05, 0.1) is 4.88 Å². The minimum Gasteiger partial charge on any atom is -0.489 e. The van der Waals surface area contributed by atoms with Crippen molar-refractivity contribution in [2.75, 3.05) is 10.6 Å². The monoisotopic (exact) mass is 380 g/mol. The number of thiophene rings is 1. The molecule has 0 aliphatic rings. The van der Waals surface area contributed by atoms with E-state index in [0.29, 0.717) is 22.9 Å². The highest BCUT2D eigenvalue weighted by atomic mass is 32.1. The molecule has 2 aromatic carbocycles. The van der Waals surface area contributed by atoms with Gasteiger partial charge in [-0.05, 0) is 54.3 Å². The van der Waals surface area contributed by atoms with Crippen LogP contribution in [0.4, 0.5) is 11.4 Å². The second kappa shape index (κ2) is 8.51. The molecular formula is C21H20N2O3S. The van der Waals surface area contributed by atoms with E-state index in [2.05, 4.69) is 10.6 Å². The van der Waals surface area contributed by atoms with Crippen LogP contribution in [0.3, 0.4) is 0 Å². The van der Waals surface area contributed by atoms with Gasteiger partial charge < -0.3 is 15.4 Å². The average molecular weight is 380 g/mol. The Bertz CT molecular complexity index is 948. The molecule has 3 aromatic rings. The lowest BCUT2D eigenvalue weighted by atomic mass is 10.2. The van der Waals surface area contributed by atoms with Crippen LogP contribution in [0, 0.1) is 6.92 Å². The molecule has 0 aliphatic heterocycles. The molecule has 0 unspecified atom stereocenters. The van der Waals surface area contributed by atoms with E-state index in [1.54, 1.807) is 24.3 Å². The van der Waals surface area contributed by atoms with Crippen LogP contribution in [0.15, 0.2) is 60.0 Å². The van der Waals surface area contributed by atoms with Crippen molar-refractivity contribution < 1.29 is 14.3 Å². The van der Waals surface area contributed by atoms with Gasteiger partial charge in [0.2, 0.25) is 5.91 Å². The van der Waals surface area contributed by atoms with Crippen molar-refractivity contribution in [1.82, 2.24) is 0 Å². The first kappa shape index (κ1) is 18.7. The standard InChI is InChI=1S/C21H20N2O3S/c1-14-5-3-4-6-19(14)26-12-16-11-20(27-13-16)21(25)23-18-9-7-17(8-10-18)22-15(2)24/h3-11,13H,12H2,1-2H3,(H,22,24)(H,23,25). The SMILES string of the molecule is CC(=O)Nc1ccc(NC(=O)c2cc(COc3ccccc3C)cs2)cc1. The molecule has 5 nitrogen and oxygen atoms in total. The molecule has 0 aliphatic carbocycles. The Balaban J connectivity index is 1.58. The minimum atomic E-state index is -0.172. The van der Waals surface area contributed by atoms with Crippen LogP contribution >= 0.6 is 11.3 Å². The fraction of sp³-hybridized carbons (Fsp3) is 0.143. The van der Waals surface area contributed by atoms with E-state index in [1.807, 2.05) is 42.6 Å². The number of amides is 2. The van der Waals surface area contributed by atoms with Gasteiger partial charge in [-0.3, -0.25) is 9.59 Å². The van der Waals surface area contributed by atoms with Crippen LogP contribution < -0.4 is 15.4 Å². The number of nitrogens with one attached hydrogen (secondary N) is 2. The minimum absolute atomic E-state index is 0.134. The Morgan fingerprint density at radius 2 is 1.67 bits per heavy atom. The van der Waals surface area contributed by atoms with E-state index in [9.17, 15) is 9.59 Å². The molecule has 0 bridgehead atoms. The summed E-state index contributed by atoms with van der Waals surface area (Å²) in [7, 11) is 0. The van der Waals surface area contributed by atoms with Crippen LogP contribution in [0.1, 0.15) is 27.7 Å². The maximum Gasteiger partial charge on any atom is 0.265 e. The quantitative estimate of drug-likeness (QED) is 0.643. The fourth-order valence-electron chi connectivity index (χ4n) is 2.48. The zero-order valence-electron chi connectivity index (χ0n) is 15.1. The highest BCUT2D eigenvalue weighted by molar-refractivity contribution is 7.12. The lowest BCUT2D eigenvalue weighted by Crippen LogP contribution is -2.10. The first-order chi connectivity index (χ1) is 13.0. The lowest BCUT2D eigenvalue weighted by Gasteiger charge is -2.07. The Kier molecular flexibility index (Phi) is 5.88. The zero-order valence-corrected chi connectivity index (χ0v) is 15.9. The second-order valence-corrected chi connectivity index (χ2v) is 7.00. The van der Waals surface area contributed by atoms with Gasteiger partial charge in [0.15, 0.2) is 0 Å². The van der Waals surface area contributed by atoms with Crippen LogP contribution in [-0.4, -0.2) is 11.8 Å². The molecule has 6 heteroatoms. The molecule has 138 valence electrons. The number of benzene rings is 2. The van der Waals surface area contributed by atoms with Gasteiger partial charge in [-0.15, -0.1) is 11.3 Å². The largest absolute Gasteiger partial charge is 0.489 e. The highest BCUT2D eigenvalue weighted by Crippen LogP contribution is 2.22. The summed E-state index contributed by atoms with van der Waals surface area (Å²) in [5.74, 6) is 0.536. The maximum absolute atomic E-state index is 12.4. The molecule has 1 aromatic heterocycles. The summed E-state index contributed by atoms with van der Waals surface area (Å²) in [6.07, 6.45) is 0. The molecular weight excluding hydrogens is 360 g/mol. The predicted octanol–water partition coefficient (Wildman–Crippen LogP) is 4.85. The lowest BCUT2D eigenvalue weighted by molar-refractivity contribution is -0.114. The third-order valence-corrected chi connectivity index (χ3v) is 4.81. The first-order valence-electron chi connectivity index (χ1n) is 8.46. The Hall–Kier alpha value is -3.12. The van der Waals surface area contributed by atoms with Crippen LogP contribution in [-0.2, 0) is 11.4 Å². The van der Waals surface area contributed by atoms with Gasteiger partial charge in [-0.2, -0.15) is 0 Å². The number of hydrogen-bond donors (Lipinski definition) is 2. The van der Waals surface area contributed by atoms with Gasteiger partial charge in [-0.1, -0.05) is 18.2 Å². The summed E-state index contributed by atoms with van der Waals surface area (Å²) in [6, 6.07) is 16.7. The van der Waals surface area contributed by atoms with Gasteiger partial charge in [-0.25, -0.2) is 0 Å². The summed E-state index contributed by atoms with van der Waals surface area (Å²) < 4.78 is 5.82. The molecule has 27 heavy (non-hydrogen) atoms. The van der Waals surface area contributed by atoms with Crippen molar-refractivity contribution in [3.05, 3.63) is 76.0 Å². The summed E-state index contributed by atoms with van der Waals surface area (Å²) in [6.45, 7) is 3.87. The van der Waals surface area contributed by atoms with Crippen molar-refractivity contribution in [3.8, 4) is 5.75 Å². The molecule has 0 fully saturated rings. The Labute approximate surface area is 162 Å². The van der Waals surface area contributed by atoms with Gasteiger partial charge in [0.1, 0.15) is 12.4 Å². The molecule has 2 amide bonds. The van der Waals surface area contributed by atoms with Gasteiger partial charge in [0.25, 0.3) is 5.91 Å². The maximum atomic E-state index is 12.4. The van der Waals surface area contributed by atoms with Crippen molar-refractivity contribution in [3.63, 3.8) is 0 Å².